The van der Waals surface area contributed by atoms with E-state index < -0.39 is 0 Å². The number of rotatable bonds is 2. The molecule has 2 aliphatic heterocycles. The smallest absolute Gasteiger partial charge is 0.0757 e. The highest BCUT2D eigenvalue weighted by atomic mass is 16.5. The predicted molar refractivity (Wildman–Crippen MR) is 69.3 cm³/mol. The number of fused-ring (bicyclic) bond motifs is 1. The lowest BCUT2D eigenvalue weighted by Crippen LogP contribution is -2.58. The first-order valence-electron chi connectivity index (χ1n) is 6.49. The minimum Gasteiger partial charge on any atom is -0.379 e. The first-order valence-corrected chi connectivity index (χ1v) is 6.49. The van der Waals surface area contributed by atoms with Crippen molar-refractivity contribution >= 4 is 5.69 Å². The third-order valence-electron chi connectivity index (χ3n) is 4.14. The number of nitrogens with two attached hydrogens (primary N) is 1. The number of hydrogen-bond donors (Lipinski definition) is 1. The fourth-order valence-corrected chi connectivity index (χ4v) is 3.15. The monoisotopic (exact) mass is 232 g/mol. The van der Waals surface area contributed by atoms with Gasteiger partial charge in [-0.2, -0.15) is 0 Å². The molecule has 0 aliphatic carbocycles. The van der Waals surface area contributed by atoms with Gasteiger partial charge in [0.15, 0.2) is 0 Å². The quantitative estimate of drug-likeness (QED) is 0.841. The highest BCUT2D eigenvalue weighted by Gasteiger charge is 2.40. The maximum atomic E-state index is 6.05. The summed E-state index contributed by atoms with van der Waals surface area (Å²) in [6.07, 6.45) is 3.41. The lowest BCUT2D eigenvalue weighted by atomic mass is 9.90. The lowest BCUT2D eigenvalue weighted by Gasteiger charge is -2.45. The molecular formula is C14H20N2O. The van der Waals surface area contributed by atoms with E-state index >= 15 is 0 Å². The molecule has 2 heterocycles. The molecule has 1 aromatic rings. The van der Waals surface area contributed by atoms with Gasteiger partial charge >= 0.3 is 0 Å². The number of ether oxygens (including phenoxy) is 1. The summed E-state index contributed by atoms with van der Waals surface area (Å²) >= 11 is 0. The van der Waals surface area contributed by atoms with Gasteiger partial charge in [-0.25, -0.2) is 0 Å². The van der Waals surface area contributed by atoms with Crippen LogP contribution in [0.5, 0.6) is 0 Å². The molecule has 3 rings (SSSR count). The molecule has 0 spiro atoms. The lowest BCUT2D eigenvalue weighted by molar-refractivity contribution is 0.0383. The zero-order valence-electron chi connectivity index (χ0n) is 10.2. The predicted octanol–water partition coefficient (Wildman–Crippen LogP) is 1.56. The minimum absolute atomic E-state index is 0.0326. The molecule has 3 heteroatoms. The molecule has 2 aliphatic rings. The van der Waals surface area contributed by atoms with E-state index in [1.54, 1.807) is 0 Å². The van der Waals surface area contributed by atoms with E-state index in [-0.39, 0.29) is 5.54 Å². The second-order valence-electron chi connectivity index (χ2n) is 5.11. The number of hydrogen-bond acceptors (Lipinski definition) is 3. The molecule has 1 fully saturated rings. The van der Waals surface area contributed by atoms with E-state index in [2.05, 4.69) is 29.2 Å². The van der Waals surface area contributed by atoms with Gasteiger partial charge in [0, 0.05) is 25.4 Å². The second-order valence-corrected chi connectivity index (χ2v) is 5.11. The Morgan fingerprint density at radius 3 is 3.00 bits per heavy atom. The van der Waals surface area contributed by atoms with Gasteiger partial charge in [-0.05, 0) is 30.9 Å². The zero-order valence-corrected chi connectivity index (χ0v) is 10.2. The van der Waals surface area contributed by atoms with Crippen LogP contribution in [0.1, 0.15) is 18.4 Å². The van der Waals surface area contributed by atoms with E-state index in [0.29, 0.717) is 6.54 Å². The fourth-order valence-electron chi connectivity index (χ4n) is 3.15. The molecule has 0 radical (unpaired) electrons. The Labute approximate surface area is 103 Å². The van der Waals surface area contributed by atoms with E-state index in [9.17, 15) is 0 Å². The van der Waals surface area contributed by atoms with Crippen molar-refractivity contribution < 1.29 is 4.74 Å². The molecule has 0 amide bonds. The number of benzene rings is 1. The summed E-state index contributed by atoms with van der Waals surface area (Å²) in [5, 5.41) is 0. The molecule has 3 nitrogen and oxygen atoms in total. The maximum absolute atomic E-state index is 6.05. The van der Waals surface area contributed by atoms with Gasteiger partial charge < -0.3 is 15.4 Å². The van der Waals surface area contributed by atoms with Gasteiger partial charge in [-0.3, -0.25) is 0 Å². The van der Waals surface area contributed by atoms with Crippen LogP contribution in [0.4, 0.5) is 5.69 Å². The topological polar surface area (TPSA) is 38.5 Å². The summed E-state index contributed by atoms with van der Waals surface area (Å²) in [4.78, 5) is 2.49. The Kier molecular flexibility index (Phi) is 2.81. The summed E-state index contributed by atoms with van der Waals surface area (Å²) in [5.41, 5.74) is 8.90. The van der Waals surface area contributed by atoms with Gasteiger partial charge in [0.05, 0.1) is 12.1 Å². The Bertz CT molecular complexity index is 399. The molecule has 0 aromatic heterocycles. The largest absolute Gasteiger partial charge is 0.379 e. The first-order chi connectivity index (χ1) is 8.36. The van der Waals surface area contributed by atoms with Crippen LogP contribution in [-0.4, -0.2) is 31.8 Å². The van der Waals surface area contributed by atoms with Crippen molar-refractivity contribution in [2.45, 2.75) is 24.8 Å². The molecule has 1 saturated heterocycles. The molecule has 92 valence electrons. The minimum atomic E-state index is 0.0326. The van der Waals surface area contributed by atoms with E-state index in [1.807, 2.05) is 0 Å². The average molecular weight is 232 g/mol. The second kappa shape index (κ2) is 4.31. The standard InChI is InChI=1S/C14H20N2O/c15-10-14(7-3-9-17-11-14)16-8-6-12-4-1-2-5-13(12)16/h1-2,4-5H,3,6-11,15H2. The first kappa shape index (κ1) is 11.1. The van der Waals surface area contributed by atoms with E-state index in [1.165, 1.54) is 11.3 Å². The summed E-state index contributed by atoms with van der Waals surface area (Å²) in [6, 6.07) is 8.68. The van der Waals surface area contributed by atoms with Crippen molar-refractivity contribution in [1.29, 1.82) is 0 Å². The Morgan fingerprint density at radius 2 is 2.24 bits per heavy atom. The fraction of sp³-hybridized carbons (Fsp3) is 0.571. The van der Waals surface area contributed by atoms with Crippen molar-refractivity contribution in [3.05, 3.63) is 29.8 Å². The summed E-state index contributed by atoms with van der Waals surface area (Å²) in [7, 11) is 0. The highest BCUT2D eigenvalue weighted by molar-refractivity contribution is 5.60. The van der Waals surface area contributed by atoms with Crippen molar-refractivity contribution in [2.24, 2.45) is 5.73 Å². The van der Waals surface area contributed by atoms with Gasteiger partial charge in [0.1, 0.15) is 0 Å². The van der Waals surface area contributed by atoms with Crippen molar-refractivity contribution in [3.8, 4) is 0 Å². The third-order valence-corrected chi connectivity index (χ3v) is 4.14. The van der Waals surface area contributed by atoms with Crippen LogP contribution in [0.3, 0.4) is 0 Å². The highest BCUT2D eigenvalue weighted by Crippen LogP contribution is 2.36. The molecule has 2 N–H and O–H groups in total. The molecular weight excluding hydrogens is 212 g/mol. The van der Waals surface area contributed by atoms with Crippen LogP contribution in [-0.2, 0) is 11.2 Å². The summed E-state index contributed by atoms with van der Waals surface area (Å²) in [6.45, 7) is 3.43. The number of para-hydroxylation sites is 1. The third kappa shape index (κ3) is 1.74. The van der Waals surface area contributed by atoms with Crippen LogP contribution in [0.15, 0.2) is 24.3 Å². The van der Waals surface area contributed by atoms with Gasteiger partial charge in [-0.1, -0.05) is 18.2 Å². The van der Waals surface area contributed by atoms with E-state index in [4.69, 9.17) is 10.5 Å². The Morgan fingerprint density at radius 1 is 1.35 bits per heavy atom. The normalized spacial score (nSPS) is 28.2. The maximum Gasteiger partial charge on any atom is 0.0757 e. The summed E-state index contributed by atoms with van der Waals surface area (Å²) in [5.74, 6) is 0. The van der Waals surface area contributed by atoms with Crippen molar-refractivity contribution in [3.63, 3.8) is 0 Å². The van der Waals surface area contributed by atoms with Gasteiger partial charge in [0.2, 0.25) is 0 Å². The van der Waals surface area contributed by atoms with Crippen LogP contribution in [0, 0.1) is 0 Å². The van der Waals surface area contributed by atoms with Crippen LogP contribution in [0.2, 0.25) is 0 Å². The molecule has 1 unspecified atom stereocenters. The Balaban J connectivity index is 1.94. The van der Waals surface area contributed by atoms with E-state index in [0.717, 1.165) is 39.0 Å². The molecule has 0 bridgehead atoms. The zero-order chi connectivity index (χ0) is 11.7. The Hall–Kier alpha value is -1.06. The van der Waals surface area contributed by atoms with Crippen molar-refractivity contribution in [1.82, 2.24) is 0 Å². The molecule has 1 aromatic carbocycles. The van der Waals surface area contributed by atoms with Crippen LogP contribution >= 0.6 is 0 Å². The van der Waals surface area contributed by atoms with Crippen LogP contribution in [0.25, 0.3) is 0 Å². The number of anilines is 1. The summed E-state index contributed by atoms with van der Waals surface area (Å²) < 4.78 is 5.68. The molecule has 17 heavy (non-hydrogen) atoms. The van der Waals surface area contributed by atoms with Gasteiger partial charge in [-0.15, -0.1) is 0 Å². The van der Waals surface area contributed by atoms with Gasteiger partial charge in [0.25, 0.3) is 0 Å². The SMILES string of the molecule is NCC1(N2CCc3ccccc32)CCCOC1. The van der Waals surface area contributed by atoms with Crippen molar-refractivity contribution in [2.75, 3.05) is 31.2 Å². The van der Waals surface area contributed by atoms with Crippen LogP contribution < -0.4 is 10.6 Å². The number of nitrogens with zero attached hydrogens (tertiary/aromatic N) is 1. The molecule has 1 atom stereocenters. The molecule has 0 saturated carbocycles. The average Bonchev–Trinajstić information content (AvgIpc) is 2.84.